The summed E-state index contributed by atoms with van der Waals surface area (Å²) in [6.07, 6.45) is 2.44. The average Bonchev–Trinajstić information content (AvgIpc) is 2.52. The lowest BCUT2D eigenvalue weighted by Gasteiger charge is -2.09. The standard InChI is InChI=1S/C10H16N2.C9H14N2/c1-2-3-8-12-10-6-4-9(11)5-7-10;1-7(2)11-9-5-3-8(10)4-6-9/h4-7,12H,2-3,8,11H2,1H3;3-7,11H,10H2,1-2H3. The van der Waals surface area contributed by atoms with Gasteiger partial charge in [0.1, 0.15) is 0 Å². The summed E-state index contributed by atoms with van der Waals surface area (Å²) < 4.78 is 0. The van der Waals surface area contributed by atoms with E-state index in [9.17, 15) is 0 Å². The van der Waals surface area contributed by atoms with Crippen LogP contribution in [0, 0.1) is 0 Å². The van der Waals surface area contributed by atoms with Crippen LogP contribution >= 0.6 is 0 Å². The van der Waals surface area contributed by atoms with Crippen LogP contribution in [0.5, 0.6) is 0 Å². The van der Waals surface area contributed by atoms with Crippen LogP contribution in [0.3, 0.4) is 0 Å². The summed E-state index contributed by atoms with van der Waals surface area (Å²) in [5.41, 5.74) is 15.0. The van der Waals surface area contributed by atoms with Crippen molar-refractivity contribution in [2.24, 2.45) is 0 Å². The van der Waals surface area contributed by atoms with Crippen LogP contribution in [0.15, 0.2) is 48.5 Å². The summed E-state index contributed by atoms with van der Waals surface area (Å²) in [4.78, 5) is 0. The quantitative estimate of drug-likeness (QED) is 0.465. The van der Waals surface area contributed by atoms with Crippen LogP contribution in [-0.2, 0) is 0 Å². The van der Waals surface area contributed by atoms with E-state index in [0.29, 0.717) is 6.04 Å². The van der Waals surface area contributed by atoms with Gasteiger partial charge in [-0.25, -0.2) is 0 Å². The Labute approximate surface area is 140 Å². The SMILES string of the molecule is CC(C)Nc1ccc(N)cc1.CCCCNc1ccc(N)cc1. The van der Waals surface area contributed by atoms with Crippen molar-refractivity contribution in [3.05, 3.63) is 48.5 Å². The summed E-state index contributed by atoms with van der Waals surface area (Å²) in [6, 6.07) is 16.1. The van der Waals surface area contributed by atoms with Crippen LogP contribution in [0.2, 0.25) is 0 Å². The van der Waals surface area contributed by atoms with E-state index in [0.717, 1.165) is 29.3 Å². The lowest BCUT2D eigenvalue weighted by atomic mass is 10.2. The molecule has 2 rings (SSSR count). The highest BCUT2D eigenvalue weighted by Crippen LogP contribution is 2.11. The third kappa shape index (κ3) is 8.61. The summed E-state index contributed by atoms with van der Waals surface area (Å²) in [7, 11) is 0. The van der Waals surface area contributed by atoms with E-state index < -0.39 is 0 Å². The average molecular weight is 314 g/mol. The third-order valence-electron chi connectivity index (χ3n) is 3.14. The van der Waals surface area contributed by atoms with Gasteiger partial charge in [0.05, 0.1) is 0 Å². The molecule has 0 radical (unpaired) electrons. The maximum absolute atomic E-state index is 5.55. The molecule has 0 aliphatic carbocycles. The maximum atomic E-state index is 5.55. The summed E-state index contributed by atoms with van der Waals surface area (Å²) in [5.74, 6) is 0. The molecule has 0 saturated carbocycles. The molecule has 0 fully saturated rings. The first-order chi connectivity index (χ1) is 11.0. The number of rotatable bonds is 6. The number of nitrogen functional groups attached to an aromatic ring is 2. The molecule has 0 aliphatic rings. The van der Waals surface area contributed by atoms with Gasteiger partial charge in [-0.3, -0.25) is 0 Å². The molecule has 0 heterocycles. The minimum absolute atomic E-state index is 0.471. The normalized spacial score (nSPS) is 9.91. The van der Waals surface area contributed by atoms with Gasteiger partial charge < -0.3 is 22.1 Å². The zero-order valence-electron chi connectivity index (χ0n) is 14.5. The maximum Gasteiger partial charge on any atom is 0.0343 e. The summed E-state index contributed by atoms with van der Waals surface area (Å²) in [5, 5.41) is 6.59. The zero-order valence-corrected chi connectivity index (χ0v) is 14.5. The lowest BCUT2D eigenvalue weighted by molar-refractivity contribution is 0.834. The fourth-order valence-corrected chi connectivity index (χ4v) is 1.92. The highest BCUT2D eigenvalue weighted by molar-refractivity contribution is 5.52. The van der Waals surface area contributed by atoms with Crippen LogP contribution in [0.4, 0.5) is 22.7 Å². The molecule has 2 aromatic carbocycles. The monoisotopic (exact) mass is 314 g/mol. The van der Waals surface area contributed by atoms with E-state index in [1.54, 1.807) is 0 Å². The fourth-order valence-electron chi connectivity index (χ4n) is 1.92. The van der Waals surface area contributed by atoms with E-state index in [-0.39, 0.29) is 0 Å². The van der Waals surface area contributed by atoms with Crippen LogP contribution < -0.4 is 22.1 Å². The minimum atomic E-state index is 0.471. The van der Waals surface area contributed by atoms with E-state index >= 15 is 0 Å². The molecule has 4 heteroatoms. The highest BCUT2D eigenvalue weighted by Gasteiger charge is 1.93. The Kier molecular flexibility index (Phi) is 8.43. The number of nitrogens with two attached hydrogens (primary N) is 2. The van der Waals surface area contributed by atoms with Gasteiger partial charge >= 0.3 is 0 Å². The zero-order chi connectivity index (χ0) is 17.1. The van der Waals surface area contributed by atoms with Crippen molar-refractivity contribution in [2.75, 3.05) is 28.6 Å². The Morgan fingerprint density at radius 3 is 1.74 bits per heavy atom. The van der Waals surface area contributed by atoms with E-state index in [4.69, 9.17) is 11.5 Å². The number of hydrogen-bond donors (Lipinski definition) is 4. The second kappa shape index (κ2) is 10.4. The lowest BCUT2D eigenvalue weighted by Crippen LogP contribution is -2.09. The molecule has 0 bridgehead atoms. The smallest absolute Gasteiger partial charge is 0.0343 e. The number of unbranched alkanes of at least 4 members (excludes halogenated alkanes) is 1. The minimum Gasteiger partial charge on any atom is -0.399 e. The first kappa shape index (κ1) is 18.7. The molecule has 0 unspecified atom stereocenters. The summed E-state index contributed by atoms with van der Waals surface area (Å²) >= 11 is 0. The number of hydrogen-bond acceptors (Lipinski definition) is 4. The molecule has 126 valence electrons. The number of benzene rings is 2. The molecule has 2 aromatic rings. The molecule has 0 saturated heterocycles. The largest absolute Gasteiger partial charge is 0.399 e. The van der Waals surface area contributed by atoms with Gasteiger partial charge in [0.2, 0.25) is 0 Å². The Balaban J connectivity index is 0.000000231. The molecule has 23 heavy (non-hydrogen) atoms. The van der Waals surface area contributed by atoms with Gasteiger partial charge in [0.15, 0.2) is 0 Å². The van der Waals surface area contributed by atoms with Crippen LogP contribution in [0.1, 0.15) is 33.6 Å². The summed E-state index contributed by atoms with van der Waals surface area (Å²) in [6.45, 7) is 7.44. The van der Waals surface area contributed by atoms with Crippen molar-refractivity contribution in [3.63, 3.8) is 0 Å². The predicted molar refractivity (Wildman–Crippen MR) is 104 cm³/mol. The second-order valence-corrected chi connectivity index (χ2v) is 5.82. The third-order valence-corrected chi connectivity index (χ3v) is 3.14. The van der Waals surface area contributed by atoms with Crippen LogP contribution in [0.25, 0.3) is 0 Å². The Hall–Kier alpha value is -2.36. The van der Waals surface area contributed by atoms with Crippen LogP contribution in [-0.4, -0.2) is 12.6 Å². The van der Waals surface area contributed by atoms with Gasteiger partial charge in [-0.1, -0.05) is 13.3 Å². The first-order valence-electron chi connectivity index (χ1n) is 8.22. The molecule has 6 N–H and O–H groups in total. The molecular weight excluding hydrogens is 284 g/mol. The van der Waals surface area contributed by atoms with Crippen molar-refractivity contribution in [2.45, 2.75) is 39.7 Å². The van der Waals surface area contributed by atoms with Gasteiger partial charge in [-0.05, 0) is 68.8 Å². The Bertz CT molecular complexity index is 532. The topological polar surface area (TPSA) is 76.1 Å². The molecule has 4 nitrogen and oxygen atoms in total. The van der Waals surface area contributed by atoms with Crippen molar-refractivity contribution in [1.29, 1.82) is 0 Å². The number of nitrogens with one attached hydrogen (secondary N) is 2. The van der Waals surface area contributed by atoms with E-state index in [1.165, 1.54) is 12.8 Å². The molecule has 0 aliphatic heterocycles. The number of anilines is 4. The van der Waals surface area contributed by atoms with E-state index in [2.05, 4.69) is 31.4 Å². The Morgan fingerprint density at radius 1 is 0.826 bits per heavy atom. The van der Waals surface area contributed by atoms with Gasteiger partial charge in [0, 0.05) is 35.3 Å². The van der Waals surface area contributed by atoms with Gasteiger partial charge in [-0.15, -0.1) is 0 Å². The molecule has 0 amide bonds. The Morgan fingerprint density at radius 2 is 1.30 bits per heavy atom. The molecule has 0 spiro atoms. The fraction of sp³-hybridized carbons (Fsp3) is 0.368. The molecular formula is C19H30N4. The predicted octanol–water partition coefficient (Wildman–Crippen LogP) is 4.57. The second-order valence-electron chi connectivity index (χ2n) is 5.82. The van der Waals surface area contributed by atoms with Crippen molar-refractivity contribution >= 4 is 22.7 Å². The van der Waals surface area contributed by atoms with Crippen molar-refractivity contribution in [1.82, 2.24) is 0 Å². The highest BCUT2D eigenvalue weighted by atomic mass is 14.9. The van der Waals surface area contributed by atoms with Crippen molar-refractivity contribution < 1.29 is 0 Å². The van der Waals surface area contributed by atoms with Gasteiger partial charge in [-0.2, -0.15) is 0 Å². The van der Waals surface area contributed by atoms with Gasteiger partial charge in [0.25, 0.3) is 0 Å². The molecule has 0 aromatic heterocycles. The van der Waals surface area contributed by atoms with Crippen molar-refractivity contribution in [3.8, 4) is 0 Å². The molecule has 0 atom stereocenters. The van der Waals surface area contributed by atoms with E-state index in [1.807, 2.05) is 48.5 Å². The first-order valence-corrected chi connectivity index (χ1v) is 8.22.